The number of benzene rings is 1. The summed E-state index contributed by atoms with van der Waals surface area (Å²) in [6.07, 6.45) is 4.34. The topological polar surface area (TPSA) is 21.3 Å². The highest BCUT2D eigenvalue weighted by Gasteiger charge is 2.36. The van der Waals surface area contributed by atoms with Gasteiger partial charge in [-0.2, -0.15) is 0 Å². The molecule has 1 saturated carbocycles. The predicted octanol–water partition coefficient (Wildman–Crippen LogP) is 4.20. The summed E-state index contributed by atoms with van der Waals surface area (Å²) in [5, 5.41) is 3.58. The summed E-state index contributed by atoms with van der Waals surface area (Å²) >= 11 is 1.94. The molecule has 0 amide bonds. The largest absolute Gasteiger partial charge is 0.487 e. The standard InChI is InChI=1S/C18H27NOS/c1-12-8-13(2)10-14(9-12)18(19-3)16-11-21-17-7-5-4-6-15(17)20-16/h4-7,12-14,16,18-19H,8-11H2,1-3H3. The van der Waals surface area contributed by atoms with Crippen LogP contribution in [0.3, 0.4) is 0 Å². The molecule has 3 rings (SSSR count). The van der Waals surface area contributed by atoms with Crippen LogP contribution in [0.2, 0.25) is 0 Å². The van der Waals surface area contributed by atoms with Crippen LogP contribution in [0, 0.1) is 17.8 Å². The van der Waals surface area contributed by atoms with Gasteiger partial charge in [-0.3, -0.25) is 0 Å². The van der Waals surface area contributed by atoms with Crippen LogP contribution >= 0.6 is 11.8 Å². The van der Waals surface area contributed by atoms with Crippen molar-refractivity contribution in [3.63, 3.8) is 0 Å². The van der Waals surface area contributed by atoms with Gasteiger partial charge in [-0.1, -0.05) is 26.0 Å². The molecule has 1 aliphatic carbocycles. The molecule has 2 nitrogen and oxygen atoms in total. The van der Waals surface area contributed by atoms with Gasteiger partial charge in [-0.25, -0.2) is 0 Å². The molecular formula is C18H27NOS. The van der Waals surface area contributed by atoms with E-state index in [2.05, 4.69) is 50.5 Å². The van der Waals surface area contributed by atoms with Crippen LogP contribution in [-0.4, -0.2) is 24.9 Å². The molecular weight excluding hydrogens is 278 g/mol. The Balaban J connectivity index is 1.72. The van der Waals surface area contributed by atoms with Gasteiger partial charge in [-0.15, -0.1) is 11.8 Å². The highest BCUT2D eigenvalue weighted by Crippen LogP contribution is 2.40. The van der Waals surface area contributed by atoms with Crippen LogP contribution in [-0.2, 0) is 0 Å². The second-order valence-corrected chi connectivity index (χ2v) is 7.97. The first-order valence-corrected chi connectivity index (χ1v) is 9.21. The second kappa shape index (κ2) is 6.62. The van der Waals surface area contributed by atoms with E-state index in [1.54, 1.807) is 0 Å². The smallest absolute Gasteiger partial charge is 0.133 e. The Labute approximate surface area is 133 Å². The Morgan fingerprint density at radius 3 is 2.57 bits per heavy atom. The molecule has 116 valence electrons. The minimum absolute atomic E-state index is 0.289. The minimum atomic E-state index is 0.289. The van der Waals surface area contributed by atoms with E-state index in [-0.39, 0.29) is 6.10 Å². The molecule has 1 aliphatic heterocycles. The first kappa shape index (κ1) is 15.2. The van der Waals surface area contributed by atoms with Gasteiger partial charge in [0.15, 0.2) is 0 Å². The molecule has 0 spiro atoms. The fourth-order valence-electron chi connectivity index (χ4n) is 4.24. The van der Waals surface area contributed by atoms with Gasteiger partial charge in [0.2, 0.25) is 0 Å². The van der Waals surface area contributed by atoms with Crippen molar-refractivity contribution in [2.75, 3.05) is 12.8 Å². The lowest BCUT2D eigenvalue weighted by Gasteiger charge is -2.41. The highest BCUT2D eigenvalue weighted by molar-refractivity contribution is 7.99. The van der Waals surface area contributed by atoms with Crippen molar-refractivity contribution >= 4 is 11.8 Å². The van der Waals surface area contributed by atoms with Crippen LogP contribution < -0.4 is 10.1 Å². The van der Waals surface area contributed by atoms with Crippen LogP contribution in [0.5, 0.6) is 5.75 Å². The second-order valence-electron chi connectivity index (χ2n) is 6.91. The van der Waals surface area contributed by atoms with E-state index >= 15 is 0 Å². The zero-order chi connectivity index (χ0) is 14.8. The van der Waals surface area contributed by atoms with Crippen LogP contribution in [0.4, 0.5) is 0 Å². The number of para-hydroxylation sites is 1. The van der Waals surface area contributed by atoms with Crippen molar-refractivity contribution in [1.82, 2.24) is 5.32 Å². The maximum Gasteiger partial charge on any atom is 0.133 e. The van der Waals surface area contributed by atoms with E-state index in [1.165, 1.54) is 24.2 Å². The molecule has 0 bridgehead atoms. The molecule has 1 fully saturated rings. The molecule has 1 heterocycles. The van der Waals surface area contributed by atoms with Gasteiger partial charge >= 0.3 is 0 Å². The number of hydrogen-bond donors (Lipinski definition) is 1. The van der Waals surface area contributed by atoms with Crippen molar-refractivity contribution in [2.45, 2.75) is 50.2 Å². The quantitative estimate of drug-likeness (QED) is 0.904. The fourth-order valence-corrected chi connectivity index (χ4v) is 5.29. The first-order chi connectivity index (χ1) is 10.2. The fraction of sp³-hybridized carbons (Fsp3) is 0.667. The molecule has 0 aromatic heterocycles. The number of hydrogen-bond acceptors (Lipinski definition) is 3. The summed E-state index contributed by atoms with van der Waals surface area (Å²) < 4.78 is 6.33. The van der Waals surface area contributed by atoms with Gasteiger partial charge < -0.3 is 10.1 Å². The lowest BCUT2D eigenvalue weighted by molar-refractivity contribution is 0.0937. The summed E-state index contributed by atoms with van der Waals surface area (Å²) in [5.74, 6) is 4.55. The molecule has 3 heteroatoms. The SMILES string of the molecule is CNC(C1CC(C)CC(C)C1)C1CSc2ccccc2O1. The molecule has 1 N–H and O–H groups in total. The molecule has 2 aliphatic rings. The maximum atomic E-state index is 6.33. The van der Waals surface area contributed by atoms with Gasteiger partial charge in [0.05, 0.1) is 0 Å². The first-order valence-electron chi connectivity index (χ1n) is 8.23. The molecule has 0 saturated heterocycles. The summed E-state index contributed by atoms with van der Waals surface area (Å²) in [6, 6.07) is 8.90. The van der Waals surface area contributed by atoms with Gasteiger partial charge in [0.25, 0.3) is 0 Å². The highest BCUT2D eigenvalue weighted by atomic mass is 32.2. The Kier molecular flexibility index (Phi) is 4.80. The Bertz CT molecular complexity index is 468. The zero-order valence-corrected chi connectivity index (χ0v) is 14.2. The third-order valence-corrected chi connectivity index (χ3v) is 6.13. The van der Waals surface area contributed by atoms with Crippen LogP contribution in [0.1, 0.15) is 33.1 Å². The van der Waals surface area contributed by atoms with Crippen molar-refractivity contribution in [3.8, 4) is 5.75 Å². The van der Waals surface area contributed by atoms with E-state index in [0.717, 1.165) is 29.3 Å². The molecule has 0 radical (unpaired) electrons. The Morgan fingerprint density at radius 1 is 1.14 bits per heavy atom. The van der Waals surface area contributed by atoms with E-state index in [9.17, 15) is 0 Å². The molecule has 4 unspecified atom stereocenters. The molecule has 4 atom stereocenters. The Morgan fingerprint density at radius 2 is 1.86 bits per heavy atom. The van der Waals surface area contributed by atoms with Crippen molar-refractivity contribution in [3.05, 3.63) is 24.3 Å². The number of fused-ring (bicyclic) bond motifs is 1. The number of nitrogens with one attached hydrogen (secondary N) is 1. The van der Waals surface area contributed by atoms with Crippen molar-refractivity contribution in [2.24, 2.45) is 17.8 Å². The lowest BCUT2D eigenvalue weighted by Crippen LogP contribution is -2.50. The average Bonchev–Trinajstić information content (AvgIpc) is 2.47. The molecule has 21 heavy (non-hydrogen) atoms. The van der Waals surface area contributed by atoms with Crippen molar-refractivity contribution < 1.29 is 4.74 Å². The van der Waals surface area contributed by atoms with Gasteiger partial charge in [-0.05, 0) is 56.2 Å². The Hall–Kier alpha value is -0.670. The van der Waals surface area contributed by atoms with Crippen LogP contribution in [0.25, 0.3) is 0 Å². The predicted molar refractivity (Wildman–Crippen MR) is 90.1 cm³/mol. The van der Waals surface area contributed by atoms with E-state index in [1.807, 2.05) is 11.8 Å². The maximum absolute atomic E-state index is 6.33. The van der Waals surface area contributed by atoms with Crippen molar-refractivity contribution in [1.29, 1.82) is 0 Å². The van der Waals surface area contributed by atoms with Crippen LogP contribution in [0.15, 0.2) is 29.2 Å². The van der Waals surface area contributed by atoms with Gasteiger partial charge in [0, 0.05) is 16.7 Å². The number of ether oxygens (including phenoxy) is 1. The third-order valence-electron chi connectivity index (χ3n) is 4.99. The summed E-state index contributed by atoms with van der Waals surface area (Å²) in [4.78, 5) is 1.29. The average molecular weight is 305 g/mol. The number of likely N-dealkylation sites (N-methyl/N-ethyl adjacent to an activating group) is 1. The number of rotatable bonds is 3. The van der Waals surface area contributed by atoms with E-state index in [0.29, 0.717) is 6.04 Å². The minimum Gasteiger partial charge on any atom is -0.487 e. The van der Waals surface area contributed by atoms with E-state index < -0.39 is 0 Å². The molecule has 1 aromatic carbocycles. The van der Waals surface area contributed by atoms with E-state index in [4.69, 9.17) is 4.74 Å². The summed E-state index contributed by atoms with van der Waals surface area (Å²) in [6.45, 7) is 4.81. The summed E-state index contributed by atoms with van der Waals surface area (Å²) in [7, 11) is 2.10. The summed E-state index contributed by atoms with van der Waals surface area (Å²) in [5.41, 5.74) is 0. The monoisotopic (exact) mass is 305 g/mol. The zero-order valence-electron chi connectivity index (χ0n) is 13.3. The third kappa shape index (κ3) is 3.40. The number of thioether (sulfide) groups is 1. The lowest BCUT2D eigenvalue weighted by atomic mass is 9.73. The van der Waals surface area contributed by atoms with Gasteiger partial charge in [0.1, 0.15) is 11.9 Å². The molecule has 1 aromatic rings. The normalized spacial score (nSPS) is 33.9.